The summed E-state index contributed by atoms with van der Waals surface area (Å²) < 4.78 is 26.5. The summed E-state index contributed by atoms with van der Waals surface area (Å²) in [6.45, 7) is 2.20. The molecule has 0 amide bonds. The van der Waals surface area contributed by atoms with Crippen LogP contribution in [-0.4, -0.2) is 5.84 Å². The van der Waals surface area contributed by atoms with E-state index in [9.17, 15) is 8.78 Å². The zero-order valence-corrected chi connectivity index (χ0v) is 10.4. The van der Waals surface area contributed by atoms with Crippen LogP contribution >= 0.6 is 0 Å². The monoisotopic (exact) mass is 258 g/mol. The van der Waals surface area contributed by atoms with E-state index < -0.39 is 0 Å². The van der Waals surface area contributed by atoms with E-state index in [1.54, 1.807) is 30.0 Å². The Kier molecular flexibility index (Phi) is 2.59. The maximum absolute atomic E-state index is 13.3. The quantitative estimate of drug-likeness (QED) is 0.831. The van der Waals surface area contributed by atoms with Crippen molar-refractivity contribution in [3.8, 4) is 0 Å². The molecule has 96 valence electrons. The molecule has 0 unspecified atom stereocenters. The van der Waals surface area contributed by atoms with Crippen LogP contribution in [0.25, 0.3) is 0 Å². The van der Waals surface area contributed by atoms with E-state index in [4.69, 9.17) is 5.41 Å². The third kappa shape index (κ3) is 1.89. The van der Waals surface area contributed by atoms with Crippen molar-refractivity contribution in [2.75, 3.05) is 4.90 Å². The molecule has 0 spiro atoms. The van der Waals surface area contributed by atoms with Gasteiger partial charge in [0, 0.05) is 11.3 Å². The average Bonchev–Trinajstić information content (AvgIpc) is 2.70. The molecule has 2 nitrogen and oxygen atoms in total. The molecule has 0 saturated carbocycles. The standard InChI is InChI=1S/C15H12F2N2/c1-9-6-12(4-5-14(9)17)19-8-10-2-3-11(16)7-13(10)15(19)18/h2-7,18H,8H2,1H3. The Hall–Kier alpha value is -2.23. The highest BCUT2D eigenvalue weighted by Crippen LogP contribution is 2.29. The number of hydrogen-bond donors (Lipinski definition) is 1. The van der Waals surface area contributed by atoms with E-state index in [1.807, 2.05) is 0 Å². The molecule has 2 aromatic carbocycles. The Morgan fingerprint density at radius 2 is 1.89 bits per heavy atom. The number of benzene rings is 2. The van der Waals surface area contributed by atoms with Crippen LogP contribution in [0.2, 0.25) is 0 Å². The van der Waals surface area contributed by atoms with Gasteiger partial charge in [0.25, 0.3) is 0 Å². The lowest BCUT2D eigenvalue weighted by Gasteiger charge is -2.18. The highest BCUT2D eigenvalue weighted by Gasteiger charge is 2.25. The van der Waals surface area contributed by atoms with E-state index in [2.05, 4.69) is 0 Å². The summed E-state index contributed by atoms with van der Waals surface area (Å²) in [6, 6.07) is 9.18. The van der Waals surface area contributed by atoms with Gasteiger partial charge in [-0.25, -0.2) is 8.78 Å². The van der Waals surface area contributed by atoms with Crippen LogP contribution in [0.15, 0.2) is 36.4 Å². The minimum absolute atomic E-state index is 0.250. The Bertz CT molecular complexity index is 680. The molecule has 2 aromatic rings. The second-order valence-electron chi connectivity index (χ2n) is 4.67. The second kappa shape index (κ2) is 4.16. The molecule has 0 fully saturated rings. The lowest BCUT2D eigenvalue weighted by atomic mass is 10.1. The average molecular weight is 258 g/mol. The topological polar surface area (TPSA) is 27.1 Å². The normalized spacial score (nSPS) is 13.8. The zero-order valence-electron chi connectivity index (χ0n) is 10.4. The van der Waals surface area contributed by atoms with Gasteiger partial charge < -0.3 is 4.90 Å². The maximum Gasteiger partial charge on any atom is 0.133 e. The van der Waals surface area contributed by atoms with Crippen LogP contribution in [0.5, 0.6) is 0 Å². The first kappa shape index (κ1) is 11.8. The predicted octanol–water partition coefficient (Wildman–Crippen LogP) is 3.62. The van der Waals surface area contributed by atoms with Crippen molar-refractivity contribution in [2.45, 2.75) is 13.5 Å². The van der Waals surface area contributed by atoms with Crippen molar-refractivity contribution in [1.29, 1.82) is 5.41 Å². The Balaban J connectivity index is 2.01. The number of fused-ring (bicyclic) bond motifs is 1. The summed E-state index contributed by atoms with van der Waals surface area (Å²) in [4.78, 5) is 1.75. The molecule has 0 aliphatic carbocycles. The lowest BCUT2D eigenvalue weighted by molar-refractivity contribution is 0.618. The van der Waals surface area contributed by atoms with Crippen molar-refractivity contribution >= 4 is 11.5 Å². The number of nitrogens with one attached hydrogen (secondary N) is 1. The fourth-order valence-electron chi connectivity index (χ4n) is 2.32. The highest BCUT2D eigenvalue weighted by molar-refractivity contribution is 6.11. The van der Waals surface area contributed by atoms with E-state index >= 15 is 0 Å². The first-order valence-corrected chi connectivity index (χ1v) is 5.97. The van der Waals surface area contributed by atoms with Crippen molar-refractivity contribution in [2.24, 2.45) is 0 Å². The first-order valence-electron chi connectivity index (χ1n) is 5.97. The van der Waals surface area contributed by atoms with Crippen molar-refractivity contribution < 1.29 is 8.78 Å². The number of rotatable bonds is 1. The molecule has 0 bridgehead atoms. The number of nitrogens with zero attached hydrogens (tertiary/aromatic N) is 1. The second-order valence-corrected chi connectivity index (χ2v) is 4.67. The van der Waals surface area contributed by atoms with Crippen LogP contribution in [0.4, 0.5) is 14.5 Å². The predicted molar refractivity (Wildman–Crippen MR) is 70.5 cm³/mol. The molecule has 1 aliphatic rings. The molecule has 4 heteroatoms. The van der Waals surface area contributed by atoms with E-state index in [0.29, 0.717) is 17.7 Å². The van der Waals surface area contributed by atoms with Crippen LogP contribution < -0.4 is 4.90 Å². The number of anilines is 1. The molecule has 0 saturated heterocycles. The molecule has 0 radical (unpaired) electrons. The molecular formula is C15H12F2N2. The summed E-state index contributed by atoms with van der Waals surface area (Å²) in [5.41, 5.74) is 2.79. The molecule has 0 aromatic heterocycles. The number of aryl methyl sites for hydroxylation is 1. The van der Waals surface area contributed by atoms with Gasteiger partial charge in [-0.05, 0) is 48.4 Å². The molecular weight excluding hydrogens is 246 g/mol. The lowest BCUT2D eigenvalue weighted by Crippen LogP contribution is -2.23. The van der Waals surface area contributed by atoms with Crippen molar-refractivity contribution in [3.05, 3.63) is 64.7 Å². The minimum Gasteiger partial charge on any atom is -0.322 e. The van der Waals surface area contributed by atoms with Crippen LogP contribution in [0.1, 0.15) is 16.7 Å². The number of hydrogen-bond acceptors (Lipinski definition) is 1. The highest BCUT2D eigenvalue weighted by atomic mass is 19.1. The van der Waals surface area contributed by atoms with Gasteiger partial charge in [-0.3, -0.25) is 5.41 Å². The van der Waals surface area contributed by atoms with Gasteiger partial charge in [-0.2, -0.15) is 0 Å². The third-order valence-electron chi connectivity index (χ3n) is 3.38. The summed E-state index contributed by atoms with van der Waals surface area (Å²) in [6.07, 6.45) is 0. The minimum atomic E-state index is -0.347. The smallest absolute Gasteiger partial charge is 0.133 e. The third-order valence-corrected chi connectivity index (χ3v) is 3.38. The number of amidine groups is 1. The molecule has 3 rings (SSSR count). The van der Waals surface area contributed by atoms with Crippen LogP contribution in [-0.2, 0) is 6.54 Å². The summed E-state index contributed by atoms with van der Waals surface area (Å²) >= 11 is 0. The van der Waals surface area contributed by atoms with E-state index in [-0.39, 0.29) is 17.5 Å². The molecule has 1 heterocycles. The Morgan fingerprint density at radius 3 is 2.63 bits per heavy atom. The van der Waals surface area contributed by atoms with Gasteiger partial charge in [0.15, 0.2) is 0 Å². The van der Waals surface area contributed by atoms with E-state index in [1.165, 1.54) is 18.2 Å². The van der Waals surface area contributed by atoms with Crippen molar-refractivity contribution in [1.82, 2.24) is 0 Å². The summed E-state index contributed by atoms with van der Waals surface area (Å²) in [5.74, 6) is -0.362. The van der Waals surface area contributed by atoms with Crippen LogP contribution in [0.3, 0.4) is 0 Å². The molecule has 0 atom stereocenters. The Labute approximate surface area is 109 Å². The van der Waals surface area contributed by atoms with Gasteiger partial charge in [0.1, 0.15) is 17.5 Å². The largest absolute Gasteiger partial charge is 0.322 e. The maximum atomic E-state index is 13.3. The van der Waals surface area contributed by atoms with Gasteiger partial charge in [0.2, 0.25) is 0 Å². The van der Waals surface area contributed by atoms with E-state index in [0.717, 1.165) is 11.3 Å². The van der Waals surface area contributed by atoms with Gasteiger partial charge >= 0.3 is 0 Å². The van der Waals surface area contributed by atoms with Gasteiger partial charge in [-0.15, -0.1) is 0 Å². The zero-order chi connectivity index (χ0) is 13.6. The SMILES string of the molecule is Cc1cc(N2Cc3ccc(F)cc3C2=N)ccc1F. The first-order chi connectivity index (χ1) is 9.06. The van der Waals surface area contributed by atoms with Gasteiger partial charge in [0.05, 0.1) is 6.54 Å². The van der Waals surface area contributed by atoms with Gasteiger partial charge in [-0.1, -0.05) is 6.07 Å². The number of halogens is 2. The molecule has 1 N–H and O–H groups in total. The molecule has 19 heavy (non-hydrogen) atoms. The van der Waals surface area contributed by atoms with Crippen LogP contribution in [0, 0.1) is 24.0 Å². The van der Waals surface area contributed by atoms with Crippen molar-refractivity contribution in [3.63, 3.8) is 0 Å². The fraction of sp³-hybridized carbons (Fsp3) is 0.133. The fourth-order valence-corrected chi connectivity index (χ4v) is 2.32. The Morgan fingerprint density at radius 1 is 1.11 bits per heavy atom. The molecule has 1 aliphatic heterocycles. The summed E-state index contributed by atoms with van der Waals surface area (Å²) in [5, 5.41) is 8.11. The summed E-state index contributed by atoms with van der Waals surface area (Å²) in [7, 11) is 0.